The van der Waals surface area contributed by atoms with Gasteiger partial charge in [0.25, 0.3) is 0 Å². The minimum atomic E-state index is -0.772. The van der Waals surface area contributed by atoms with Gasteiger partial charge in [0, 0.05) is 23.3 Å². The largest absolute Gasteiger partial charge is 0.390 e. The summed E-state index contributed by atoms with van der Waals surface area (Å²) in [5, 5.41) is 31.5. The van der Waals surface area contributed by atoms with Crippen molar-refractivity contribution in [3.63, 3.8) is 0 Å². The first kappa shape index (κ1) is 15.1. The molecule has 0 aliphatic heterocycles. The molecule has 0 fully saturated rings. The Labute approximate surface area is 142 Å². The number of aliphatic hydroxyl groups is 1. The molecule has 1 atom stereocenters. The van der Waals surface area contributed by atoms with Crippen molar-refractivity contribution in [2.24, 2.45) is 0 Å². The summed E-state index contributed by atoms with van der Waals surface area (Å²) < 4.78 is 1.60. The Balaban J connectivity index is 1.83. The lowest BCUT2D eigenvalue weighted by Crippen LogP contribution is -2.15. The third-order valence-corrected chi connectivity index (χ3v) is 4.07. The average molecular weight is 333 g/mol. The van der Waals surface area contributed by atoms with Crippen molar-refractivity contribution >= 4 is 27.6 Å². The number of nitrogen functional groups attached to an aromatic ring is 1. The fourth-order valence-corrected chi connectivity index (χ4v) is 2.89. The molecule has 0 saturated heterocycles. The Bertz CT molecular complexity index is 1090. The molecule has 0 aliphatic carbocycles. The number of nitriles is 1. The number of nitrogens with zero attached hydrogens (tertiary/aromatic N) is 5. The van der Waals surface area contributed by atoms with Crippen LogP contribution in [0.4, 0.5) is 5.82 Å². The number of aromatic amines is 1. The molecule has 3 heterocycles. The van der Waals surface area contributed by atoms with E-state index in [4.69, 9.17) is 11.0 Å². The molecule has 0 radical (unpaired) electrons. The van der Waals surface area contributed by atoms with Crippen LogP contribution in [-0.4, -0.2) is 36.2 Å². The highest BCUT2D eigenvalue weighted by molar-refractivity contribution is 6.08. The normalized spacial score (nSPS) is 12.5. The molecule has 124 valence electrons. The van der Waals surface area contributed by atoms with Crippen LogP contribution in [0, 0.1) is 11.3 Å². The van der Waals surface area contributed by atoms with Gasteiger partial charge < -0.3 is 10.8 Å². The molecule has 4 rings (SSSR count). The minimum absolute atomic E-state index is 0.0538. The summed E-state index contributed by atoms with van der Waals surface area (Å²) in [5.41, 5.74) is 9.41. The Kier molecular flexibility index (Phi) is 3.56. The van der Waals surface area contributed by atoms with Crippen molar-refractivity contribution in [3.8, 4) is 17.3 Å². The van der Waals surface area contributed by atoms with Gasteiger partial charge in [0.05, 0.1) is 41.7 Å². The number of aliphatic hydroxyl groups excluding tert-OH is 1. The highest BCUT2D eigenvalue weighted by atomic mass is 16.3. The molecule has 8 heteroatoms. The fourth-order valence-electron chi connectivity index (χ4n) is 2.89. The van der Waals surface area contributed by atoms with Crippen molar-refractivity contribution in [1.29, 1.82) is 5.26 Å². The molecule has 8 nitrogen and oxygen atoms in total. The van der Waals surface area contributed by atoms with Gasteiger partial charge in [-0.15, -0.1) is 0 Å². The Morgan fingerprint density at radius 2 is 2.20 bits per heavy atom. The first-order valence-corrected chi connectivity index (χ1v) is 7.77. The zero-order valence-corrected chi connectivity index (χ0v) is 13.2. The topological polar surface area (TPSA) is 129 Å². The van der Waals surface area contributed by atoms with Crippen LogP contribution < -0.4 is 5.73 Å². The molecule has 0 saturated carbocycles. The number of rotatable bonds is 4. The van der Waals surface area contributed by atoms with Crippen LogP contribution >= 0.6 is 0 Å². The van der Waals surface area contributed by atoms with Gasteiger partial charge in [0.1, 0.15) is 11.3 Å². The highest BCUT2D eigenvalue weighted by Crippen LogP contribution is 2.29. The smallest absolute Gasteiger partial charge is 0.135 e. The molecule has 4 N–H and O–H groups in total. The fraction of sp³-hybridized carbons (Fsp3) is 0.176. The van der Waals surface area contributed by atoms with Crippen molar-refractivity contribution in [3.05, 3.63) is 36.7 Å². The van der Waals surface area contributed by atoms with Gasteiger partial charge in [-0.25, -0.2) is 4.98 Å². The van der Waals surface area contributed by atoms with Gasteiger partial charge in [0.15, 0.2) is 0 Å². The molecule has 0 spiro atoms. The standard InChI is InChI=1S/C17H15N7O/c18-5-3-11(25)8-24-9-13-16(23-24)12-2-1-10(14-4-6-20-22-14)7-15(12)21-17(13)19/h1-2,4,6-7,9,11,25H,3,8H2,(H2,19,21)(H,20,22). The second-order valence-electron chi connectivity index (χ2n) is 5.83. The van der Waals surface area contributed by atoms with Crippen LogP contribution in [0.2, 0.25) is 0 Å². The summed E-state index contributed by atoms with van der Waals surface area (Å²) in [6, 6.07) is 9.68. The maximum Gasteiger partial charge on any atom is 0.135 e. The summed E-state index contributed by atoms with van der Waals surface area (Å²) >= 11 is 0. The van der Waals surface area contributed by atoms with Crippen LogP contribution in [0.3, 0.4) is 0 Å². The second kappa shape index (κ2) is 5.89. The summed E-state index contributed by atoms with van der Waals surface area (Å²) in [7, 11) is 0. The Morgan fingerprint density at radius 1 is 1.32 bits per heavy atom. The molecule has 1 aromatic carbocycles. The lowest BCUT2D eigenvalue weighted by molar-refractivity contribution is 0.154. The number of H-pyrrole nitrogens is 1. The monoisotopic (exact) mass is 333 g/mol. The predicted octanol–water partition coefficient (Wildman–Crippen LogP) is 1.83. The number of hydrogen-bond acceptors (Lipinski definition) is 6. The maximum atomic E-state index is 9.81. The summed E-state index contributed by atoms with van der Waals surface area (Å²) in [4.78, 5) is 4.48. The van der Waals surface area contributed by atoms with E-state index < -0.39 is 6.10 Å². The first-order chi connectivity index (χ1) is 12.2. The van der Waals surface area contributed by atoms with E-state index in [1.165, 1.54) is 0 Å². The SMILES string of the molecule is N#CCC(O)Cn1cc2c(N)nc3cc(-c4ccn[nH]4)ccc3c2n1. The number of pyridine rings is 1. The first-order valence-electron chi connectivity index (χ1n) is 7.77. The number of nitrogens with one attached hydrogen (secondary N) is 1. The number of aromatic nitrogens is 5. The third kappa shape index (κ3) is 2.66. The molecule has 0 amide bonds. The molecular weight excluding hydrogens is 318 g/mol. The Morgan fingerprint density at radius 3 is 2.96 bits per heavy atom. The molecule has 1 unspecified atom stereocenters. The number of nitrogens with two attached hydrogens (primary N) is 1. The van der Waals surface area contributed by atoms with Crippen LogP contribution in [0.15, 0.2) is 36.7 Å². The van der Waals surface area contributed by atoms with E-state index in [2.05, 4.69) is 20.3 Å². The summed E-state index contributed by atoms with van der Waals surface area (Å²) in [5.74, 6) is 0.380. The van der Waals surface area contributed by atoms with Gasteiger partial charge in [-0.3, -0.25) is 9.78 Å². The zero-order valence-electron chi connectivity index (χ0n) is 13.2. The minimum Gasteiger partial charge on any atom is -0.390 e. The van der Waals surface area contributed by atoms with E-state index in [1.807, 2.05) is 30.3 Å². The van der Waals surface area contributed by atoms with E-state index >= 15 is 0 Å². The highest BCUT2D eigenvalue weighted by Gasteiger charge is 2.13. The third-order valence-electron chi connectivity index (χ3n) is 4.07. The van der Waals surface area contributed by atoms with Crippen LogP contribution in [-0.2, 0) is 6.54 Å². The molecule has 3 aromatic heterocycles. The lowest BCUT2D eigenvalue weighted by atomic mass is 10.1. The second-order valence-corrected chi connectivity index (χ2v) is 5.83. The number of fused-ring (bicyclic) bond motifs is 3. The van der Waals surface area contributed by atoms with E-state index in [-0.39, 0.29) is 13.0 Å². The lowest BCUT2D eigenvalue weighted by Gasteiger charge is -2.05. The quantitative estimate of drug-likeness (QED) is 0.522. The van der Waals surface area contributed by atoms with Crippen LogP contribution in [0.5, 0.6) is 0 Å². The van der Waals surface area contributed by atoms with Crippen LogP contribution in [0.25, 0.3) is 33.1 Å². The van der Waals surface area contributed by atoms with Gasteiger partial charge >= 0.3 is 0 Å². The number of benzene rings is 1. The Hall–Kier alpha value is -3.44. The average Bonchev–Trinajstić information content (AvgIpc) is 3.24. The van der Waals surface area contributed by atoms with Gasteiger partial charge in [-0.05, 0) is 18.2 Å². The summed E-state index contributed by atoms with van der Waals surface area (Å²) in [6.07, 6.45) is 2.73. The van der Waals surface area contributed by atoms with Crippen molar-refractivity contribution in [2.75, 3.05) is 5.73 Å². The van der Waals surface area contributed by atoms with E-state index in [0.29, 0.717) is 5.82 Å². The van der Waals surface area contributed by atoms with E-state index in [1.54, 1.807) is 17.1 Å². The molecular formula is C17H15N7O. The van der Waals surface area contributed by atoms with Gasteiger partial charge in [0.2, 0.25) is 0 Å². The van der Waals surface area contributed by atoms with Crippen molar-refractivity contribution < 1.29 is 5.11 Å². The predicted molar refractivity (Wildman–Crippen MR) is 93.3 cm³/mol. The number of anilines is 1. The molecule has 0 aliphatic rings. The zero-order chi connectivity index (χ0) is 17.4. The van der Waals surface area contributed by atoms with Crippen LogP contribution in [0.1, 0.15) is 6.42 Å². The van der Waals surface area contributed by atoms with Gasteiger partial charge in [-0.1, -0.05) is 6.07 Å². The molecule has 25 heavy (non-hydrogen) atoms. The van der Waals surface area contributed by atoms with Crippen molar-refractivity contribution in [2.45, 2.75) is 19.1 Å². The van der Waals surface area contributed by atoms with E-state index in [9.17, 15) is 5.11 Å². The molecule has 4 aromatic rings. The maximum absolute atomic E-state index is 9.81. The number of hydrogen-bond donors (Lipinski definition) is 3. The van der Waals surface area contributed by atoms with E-state index in [0.717, 1.165) is 33.1 Å². The van der Waals surface area contributed by atoms with Crippen molar-refractivity contribution in [1.82, 2.24) is 25.0 Å². The summed E-state index contributed by atoms with van der Waals surface area (Å²) in [6.45, 7) is 0.232. The van der Waals surface area contributed by atoms with Gasteiger partial charge in [-0.2, -0.15) is 15.5 Å². The molecule has 0 bridgehead atoms.